The van der Waals surface area contributed by atoms with Gasteiger partial charge < -0.3 is 4.74 Å². The normalized spacial score (nSPS) is 10.7. The molecule has 3 rings (SSSR count). The van der Waals surface area contributed by atoms with Gasteiger partial charge >= 0.3 is 0 Å². The van der Waals surface area contributed by atoms with Crippen LogP contribution in [0.2, 0.25) is 0 Å². The Balaban J connectivity index is 1.72. The Kier molecular flexibility index (Phi) is 3.92. The zero-order valence-corrected chi connectivity index (χ0v) is 13.1. The number of hydrogen-bond acceptors (Lipinski definition) is 3. The van der Waals surface area contributed by atoms with Gasteiger partial charge in [0, 0.05) is 25.0 Å². The number of rotatable bonds is 4. The second-order valence-electron chi connectivity index (χ2n) is 5.47. The second-order valence-corrected chi connectivity index (χ2v) is 5.47. The molecule has 0 N–H and O–H groups in total. The van der Waals surface area contributed by atoms with Crippen LogP contribution >= 0.6 is 0 Å². The molecule has 0 saturated carbocycles. The molecular weight excluding hydrogens is 274 g/mol. The van der Waals surface area contributed by atoms with Crippen molar-refractivity contribution in [3.05, 3.63) is 65.6 Å². The van der Waals surface area contributed by atoms with E-state index in [2.05, 4.69) is 30.0 Å². The highest BCUT2D eigenvalue weighted by Gasteiger charge is 2.05. The minimum Gasteiger partial charge on any atom is -0.487 e. The molecule has 0 aliphatic heterocycles. The number of aromatic nitrogens is 3. The van der Waals surface area contributed by atoms with Crippen molar-refractivity contribution in [2.45, 2.75) is 20.5 Å². The first-order chi connectivity index (χ1) is 10.6. The van der Waals surface area contributed by atoms with Crippen molar-refractivity contribution < 1.29 is 4.74 Å². The SMILES string of the molecule is Cc1cnc(-c2ccc(OCc3ccn(C)n3)cc2)c(C)c1. The maximum absolute atomic E-state index is 5.75. The van der Waals surface area contributed by atoms with Gasteiger partial charge in [-0.05, 0) is 55.3 Å². The molecule has 2 aromatic heterocycles. The van der Waals surface area contributed by atoms with Crippen molar-refractivity contribution in [2.75, 3.05) is 0 Å². The van der Waals surface area contributed by atoms with Crippen LogP contribution in [0.4, 0.5) is 0 Å². The van der Waals surface area contributed by atoms with Crippen molar-refractivity contribution in [1.82, 2.24) is 14.8 Å². The Morgan fingerprint density at radius 2 is 1.86 bits per heavy atom. The number of aryl methyl sites for hydroxylation is 3. The van der Waals surface area contributed by atoms with Gasteiger partial charge in [0.15, 0.2) is 0 Å². The third-order valence-electron chi connectivity index (χ3n) is 3.50. The third kappa shape index (κ3) is 3.17. The molecule has 22 heavy (non-hydrogen) atoms. The molecule has 0 aliphatic carbocycles. The smallest absolute Gasteiger partial charge is 0.132 e. The zero-order valence-electron chi connectivity index (χ0n) is 13.1. The van der Waals surface area contributed by atoms with Gasteiger partial charge in [0.2, 0.25) is 0 Å². The molecule has 3 aromatic rings. The summed E-state index contributed by atoms with van der Waals surface area (Å²) in [5, 5.41) is 4.29. The molecule has 0 atom stereocenters. The van der Waals surface area contributed by atoms with Gasteiger partial charge in [0.1, 0.15) is 12.4 Å². The van der Waals surface area contributed by atoms with Gasteiger partial charge in [-0.25, -0.2) is 0 Å². The summed E-state index contributed by atoms with van der Waals surface area (Å²) in [7, 11) is 1.90. The zero-order chi connectivity index (χ0) is 15.5. The van der Waals surface area contributed by atoms with Crippen LogP contribution in [0.25, 0.3) is 11.3 Å². The fraction of sp³-hybridized carbons (Fsp3) is 0.222. The quantitative estimate of drug-likeness (QED) is 0.736. The van der Waals surface area contributed by atoms with Gasteiger partial charge in [-0.15, -0.1) is 0 Å². The Labute approximate surface area is 130 Å². The lowest BCUT2D eigenvalue weighted by atomic mass is 10.1. The van der Waals surface area contributed by atoms with Crippen LogP contribution in [0.3, 0.4) is 0 Å². The lowest BCUT2D eigenvalue weighted by Crippen LogP contribution is -1.98. The molecule has 2 heterocycles. The van der Waals surface area contributed by atoms with Gasteiger partial charge in [0.25, 0.3) is 0 Å². The van der Waals surface area contributed by atoms with Crippen LogP contribution in [0.15, 0.2) is 48.8 Å². The van der Waals surface area contributed by atoms with E-state index in [1.54, 1.807) is 4.68 Å². The Hall–Kier alpha value is -2.62. The third-order valence-corrected chi connectivity index (χ3v) is 3.50. The number of hydrogen-bond donors (Lipinski definition) is 0. The molecule has 0 spiro atoms. The van der Waals surface area contributed by atoms with Crippen LogP contribution < -0.4 is 4.74 Å². The topological polar surface area (TPSA) is 39.9 Å². The molecule has 0 saturated heterocycles. The second kappa shape index (κ2) is 6.02. The first-order valence-electron chi connectivity index (χ1n) is 7.27. The molecule has 1 aromatic carbocycles. The van der Waals surface area contributed by atoms with E-state index in [1.807, 2.05) is 49.8 Å². The Morgan fingerprint density at radius 3 is 2.50 bits per heavy atom. The number of pyridine rings is 1. The lowest BCUT2D eigenvalue weighted by molar-refractivity contribution is 0.300. The first-order valence-corrected chi connectivity index (χ1v) is 7.27. The average molecular weight is 293 g/mol. The highest BCUT2D eigenvalue weighted by Crippen LogP contribution is 2.24. The molecular formula is C18H19N3O. The van der Waals surface area contributed by atoms with Crippen molar-refractivity contribution >= 4 is 0 Å². The highest BCUT2D eigenvalue weighted by molar-refractivity contribution is 5.63. The van der Waals surface area contributed by atoms with Crippen LogP contribution in [0.1, 0.15) is 16.8 Å². The van der Waals surface area contributed by atoms with E-state index in [0.717, 1.165) is 22.7 Å². The van der Waals surface area contributed by atoms with Crippen LogP contribution in [-0.2, 0) is 13.7 Å². The molecule has 0 amide bonds. The van der Waals surface area contributed by atoms with E-state index >= 15 is 0 Å². The monoisotopic (exact) mass is 293 g/mol. The molecule has 0 fully saturated rings. The van der Waals surface area contributed by atoms with Gasteiger partial charge in [-0.3, -0.25) is 9.67 Å². The van der Waals surface area contributed by atoms with Crippen molar-refractivity contribution in [2.24, 2.45) is 7.05 Å². The maximum Gasteiger partial charge on any atom is 0.132 e. The molecule has 0 bridgehead atoms. The highest BCUT2D eigenvalue weighted by atomic mass is 16.5. The summed E-state index contributed by atoms with van der Waals surface area (Å²) in [6.07, 6.45) is 3.81. The van der Waals surface area contributed by atoms with E-state index in [0.29, 0.717) is 6.61 Å². The van der Waals surface area contributed by atoms with Crippen LogP contribution in [0, 0.1) is 13.8 Å². The van der Waals surface area contributed by atoms with Gasteiger partial charge in [-0.1, -0.05) is 6.07 Å². The van der Waals surface area contributed by atoms with Crippen molar-refractivity contribution in [3.63, 3.8) is 0 Å². The molecule has 0 unspecified atom stereocenters. The fourth-order valence-corrected chi connectivity index (χ4v) is 2.42. The fourth-order valence-electron chi connectivity index (χ4n) is 2.42. The minimum absolute atomic E-state index is 0.474. The molecule has 0 aliphatic rings. The molecule has 4 heteroatoms. The van der Waals surface area contributed by atoms with Crippen LogP contribution in [0.5, 0.6) is 5.75 Å². The summed E-state index contributed by atoms with van der Waals surface area (Å²) in [5.74, 6) is 0.833. The maximum atomic E-state index is 5.75. The predicted octanol–water partition coefficient (Wildman–Crippen LogP) is 3.68. The van der Waals surface area contributed by atoms with E-state index in [-0.39, 0.29) is 0 Å². The molecule has 0 radical (unpaired) electrons. The summed E-state index contributed by atoms with van der Waals surface area (Å²) < 4.78 is 7.52. The summed E-state index contributed by atoms with van der Waals surface area (Å²) >= 11 is 0. The number of benzene rings is 1. The predicted molar refractivity (Wildman–Crippen MR) is 86.7 cm³/mol. The molecule has 4 nitrogen and oxygen atoms in total. The Bertz CT molecular complexity index is 775. The van der Waals surface area contributed by atoms with E-state index < -0.39 is 0 Å². The van der Waals surface area contributed by atoms with Crippen LogP contribution in [-0.4, -0.2) is 14.8 Å². The number of ether oxygens (including phenoxy) is 1. The average Bonchev–Trinajstić information content (AvgIpc) is 2.92. The van der Waals surface area contributed by atoms with E-state index in [1.165, 1.54) is 11.1 Å². The molecule has 112 valence electrons. The first kappa shape index (κ1) is 14.3. The van der Waals surface area contributed by atoms with E-state index in [4.69, 9.17) is 4.74 Å². The number of nitrogens with zero attached hydrogens (tertiary/aromatic N) is 3. The van der Waals surface area contributed by atoms with Crippen molar-refractivity contribution in [3.8, 4) is 17.0 Å². The minimum atomic E-state index is 0.474. The summed E-state index contributed by atoms with van der Waals surface area (Å²) in [6, 6.07) is 12.1. The largest absolute Gasteiger partial charge is 0.487 e. The summed E-state index contributed by atoms with van der Waals surface area (Å²) in [5.41, 5.74) is 5.39. The van der Waals surface area contributed by atoms with E-state index in [9.17, 15) is 0 Å². The Morgan fingerprint density at radius 1 is 1.09 bits per heavy atom. The lowest BCUT2D eigenvalue weighted by Gasteiger charge is -2.08. The summed E-state index contributed by atoms with van der Waals surface area (Å²) in [6.45, 7) is 4.61. The van der Waals surface area contributed by atoms with Crippen molar-refractivity contribution in [1.29, 1.82) is 0 Å². The van der Waals surface area contributed by atoms with Gasteiger partial charge in [0.05, 0.1) is 11.4 Å². The van der Waals surface area contributed by atoms with Gasteiger partial charge in [-0.2, -0.15) is 5.10 Å². The summed E-state index contributed by atoms with van der Waals surface area (Å²) in [4.78, 5) is 4.52. The standard InChI is InChI=1S/C18H19N3O/c1-13-10-14(2)18(19-11-13)15-4-6-17(7-5-15)22-12-16-8-9-21(3)20-16/h4-11H,12H2,1-3H3.